The number of aromatic nitrogens is 2. The maximum atomic E-state index is 15.0. The highest BCUT2D eigenvalue weighted by molar-refractivity contribution is 5.99. The van der Waals surface area contributed by atoms with E-state index in [-0.39, 0.29) is 81.6 Å². The monoisotopic (exact) mass is 1220 g/mol. The van der Waals surface area contributed by atoms with Crippen molar-refractivity contribution in [3.05, 3.63) is 138 Å². The van der Waals surface area contributed by atoms with E-state index in [4.69, 9.17) is 11.5 Å². The predicted octanol–water partition coefficient (Wildman–Crippen LogP) is 1.26. The lowest BCUT2D eigenvalue weighted by Gasteiger charge is -2.30. The van der Waals surface area contributed by atoms with Crippen molar-refractivity contribution in [3.8, 4) is 5.75 Å². The van der Waals surface area contributed by atoms with E-state index in [0.717, 1.165) is 27.4 Å². The van der Waals surface area contributed by atoms with Crippen molar-refractivity contribution in [3.63, 3.8) is 0 Å². The van der Waals surface area contributed by atoms with E-state index >= 15 is 9.59 Å². The number of guanidine groups is 1. The van der Waals surface area contributed by atoms with Gasteiger partial charge in [-0.2, -0.15) is 0 Å². The molecule has 8 atom stereocenters. The van der Waals surface area contributed by atoms with Crippen LogP contribution in [-0.4, -0.2) is 159 Å². The minimum Gasteiger partial charge on any atom is -0.508 e. The Morgan fingerprint density at radius 2 is 1.06 bits per heavy atom. The number of fused-ring (bicyclic) bond motifs is 2. The van der Waals surface area contributed by atoms with Crippen molar-refractivity contribution >= 4 is 80.9 Å². The molecule has 1 fully saturated rings. The largest absolute Gasteiger partial charge is 0.508 e. The third kappa shape index (κ3) is 19.1. The number of aromatic amines is 2. The molecule has 89 heavy (non-hydrogen) atoms. The van der Waals surface area contributed by atoms with Gasteiger partial charge in [0.05, 0.1) is 6.61 Å². The van der Waals surface area contributed by atoms with Crippen LogP contribution in [0.3, 0.4) is 0 Å². The fraction of sp³-hybridized carbons (Fsp3) is 0.406. The molecule has 2 aromatic heterocycles. The number of hydrogen-bond acceptors (Lipinski definition) is 12. The number of carbonyl (C=O) groups excluding carboxylic acids is 9. The van der Waals surface area contributed by atoms with Crippen LogP contribution in [0.1, 0.15) is 82.1 Å². The summed E-state index contributed by atoms with van der Waals surface area (Å²) in [4.78, 5) is 140. The van der Waals surface area contributed by atoms with Gasteiger partial charge in [-0.3, -0.25) is 48.1 Å². The van der Waals surface area contributed by atoms with Gasteiger partial charge in [0.15, 0.2) is 5.96 Å². The van der Waals surface area contributed by atoms with Crippen LogP contribution in [0, 0.1) is 5.92 Å². The van der Waals surface area contributed by atoms with Gasteiger partial charge in [-0.15, -0.1) is 0 Å². The zero-order chi connectivity index (χ0) is 64.1. The number of para-hydroxylation sites is 2. The number of amides is 9. The number of rotatable bonds is 31. The average Bonchev–Trinajstić information content (AvgIpc) is 4.50. The Morgan fingerprint density at radius 3 is 1.57 bits per heavy atom. The first-order chi connectivity index (χ1) is 42.7. The SMILES string of the molecule is CCNC(=O)[C@@H]1CCCN1C(=O)[C@H](CCCN=C(N)N)NC(=O)[C@H](CC(C)C)NC(=O)[C@@H](Cc1c[nH]c2ccccc12)NC(=O)[C@H](Cc1ccc(O)cc1)NC(=O)[C@H](CO)NC(=O)[C@H](Cc1c[nH]c2ccccc12)NC(=O)[C@H](Cc1ccccc1)NC(C)=O. The Labute approximate surface area is 515 Å². The number of H-pyrrole nitrogens is 2. The van der Waals surface area contributed by atoms with Gasteiger partial charge in [0, 0.05) is 86.4 Å². The zero-order valence-electron chi connectivity index (χ0n) is 50.5. The van der Waals surface area contributed by atoms with Crippen molar-refractivity contribution in [2.24, 2.45) is 22.4 Å². The molecule has 3 heterocycles. The normalized spacial score (nSPS) is 15.3. The summed E-state index contributed by atoms with van der Waals surface area (Å²) in [5.74, 6) is -6.80. The number of nitrogens with one attached hydrogen (secondary N) is 10. The second kappa shape index (κ2) is 32.3. The smallest absolute Gasteiger partial charge is 0.245 e. The summed E-state index contributed by atoms with van der Waals surface area (Å²) in [5.41, 5.74) is 15.0. The fourth-order valence-corrected chi connectivity index (χ4v) is 10.9. The Kier molecular flexibility index (Phi) is 24.2. The lowest BCUT2D eigenvalue weighted by atomic mass is 9.99. The molecule has 16 N–H and O–H groups in total. The first-order valence-electron chi connectivity index (χ1n) is 30.0. The van der Waals surface area contributed by atoms with E-state index in [1.807, 2.05) is 56.3 Å². The number of aliphatic imine (C=N–C) groups is 1. The molecule has 0 bridgehead atoms. The molecule has 0 saturated carbocycles. The number of aliphatic hydroxyl groups is 1. The summed E-state index contributed by atoms with van der Waals surface area (Å²) in [7, 11) is 0. The van der Waals surface area contributed by atoms with Crippen LogP contribution in [0.2, 0.25) is 0 Å². The number of aliphatic hydroxyl groups excluding tert-OH is 1. The number of carbonyl (C=O) groups is 9. The molecule has 0 radical (unpaired) electrons. The van der Waals surface area contributed by atoms with Crippen LogP contribution in [-0.2, 0) is 68.8 Å². The number of nitrogens with zero attached hydrogens (tertiary/aromatic N) is 2. The number of phenolic OH excluding ortho intramolecular Hbond substituents is 1. The highest BCUT2D eigenvalue weighted by Gasteiger charge is 2.39. The lowest BCUT2D eigenvalue weighted by Crippen LogP contribution is -2.61. The number of likely N-dealkylation sites (N-methyl/N-ethyl adjacent to an activating group) is 1. The lowest BCUT2D eigenvalue weighted by molar-refractivity contribution is -0.142. The molecule has 0 spiro atoms. The topological polar surface area (TPSA) is 390 Å². The second-order valence-corrected chi connectivity index (χ2v) is 22.7. The van der Waals surface area contributed by atoms with Crippen LogP contribution in [0.15, 0.2) is 121 Å². The van der Waals surface area contributed by atoms with Gasteiger partial charge >= 0.3 is 0 Å². The summed E-state index contributed by atoms with van der Waals surface area (Å²) < 4.78 is 0. The van der Waals surface area contributed by atoms with E-state index in [0.29, 0.717) is 36.1 Å². The molecule has 1 saturated heterocycles. The van der Waals surface area contributed by atoms with Gasteiger partial charge in [-0.1, -0.05) is 92.7 Å². The summed E-state index contributed by atoms with van der Waals surface area (Å²) >= 11 is 0. The standard InChI is InChI=1S/C64H82N14O11/c1-5-67-62(88)55-22-14-28-78(55)63(89)48(21-13-27-68-64(65)66)72-56(82)49(29-37(2)3)73-59(85)52(32-41-34-69-46-19-11-9-17-44(41)46)76-58(84)51(31-40-23-25-43(81)26-24-40)74-61(87)54(36-79)77-60(86)53(33-42-35-70-47-20-12-10-18-45(42)47)75-57(83)50(71-38(4)80)30-39-15-7-6-8-16-39/h6-12,15-20,23-26,34-35,37,48-55,69-70,79,81H,5,13-14,21-22,27-33,36H2,1-4H3,(H,67,88)(H,71,80)(H,72,82)(H,73,85)(H,74,87)(H,75,83)(H,76,84)(H,77,86)(H4,65,66,68)/t48-,49-,50-,51-,52+,53-,54-,55-/m0/s1. The van der Waals surface area contributed by atoms with Gasteiger partial charge in [0.25, 0.3) is 0 Å². The molecule has 474 valence electrons. The number of phenols is 1. The molecule has 25 heteroatoms. The number of aromatic hydroxyl groups is 1. The predicted molar refractivity (Wildman–Crippen MR) is 335 cm³/mol. The molecular formula is C64H82N14O11. The molecule has 25 nitrogen and oxygen atoms in total. The first-order valence-corrected chi connectivity index (χ1v) is 30.0. The Hall–Kier alpha value is -9.78. The van der Waals surface area contributed by atoms with E-state index in [1.165, 1.54) is 36.1 Å². The van der Waals surface area contributed by atoms with Crippen LogP contribution in [0.5, 0.6) is 5.75 Å². The second-order valence-electron chi connectivity index (χ2n) is 22.7. The van der Waals surface area contributed by atoms with Gasteiger partial charge in [-0.25, -0.2) is 0 Å². The highest BCUT2D eigenvalue weighted by Crippen LogP contribution is 2.24. The number of benzene rings is 4. The summed E-state index contributed by atoms with van der Waals surface area (Å²) in [5, 5.41) is 44.5. The minimum atomic E-state index is -1.73. The number of nitrogens with two attached hydrogens (primary N) is 2. The Bertz CT molecular complexity index is 3460. The summed E-state index contributed by atoms with van der Waals surface area (Å²) in [6.07, 6.45) is 4.35. The molecule has 0 unspecified atom stereocenters. The van der Waals surface area contributed by atoms with E-state index < -0.39 is 102 Å². The number of hydrogen-bond donors (Lipinski definition) is 14. The van der Waals surface area contributed by atoms with Gasteiger partial charge < -0.3 is 79.1 Å². The summed E-state index contributed by atoms with van der Waals surface area (Å²) in [6, 6.07) is 18.9. The first kappa shape index (κ1) is 66.7. The third-order valence-corrected chi connectivity index (χ3v) is 15.4. The maximum Gasteiger partial charge on any atom is 0.245 e. The molecule has 9 amide bonds. The average molecular weight is 1220 g/mol. The minimum absolute atomic E-state index is 0.0754. The molecule has 7 rings (SSSR count). The quantitative estimate of drug-likeness (QED) is 0.0166. The maximum absolute atomic E-state index is 15.0. The van der Waals surface area contributed by atoms with E-state index in [9.17, 15) is 43.8 Å². The van der Waals surface area contributed by atoms with Crippen molar-refractivity contribution in [2.75, 3.05) is 26.2 Å². The molecule has 1 aliphatic heterocycles. The summed E-state index contributed by atoms with van der Waals surface area (Å²) in [6.45, 7) is 6.49. The Balaban J connectivity index is 1.16. The van der Waals surface area contributed by atoms with Crippen LogP contribution in [0.4, 0.5) is 0 Å². The number of likely N-dealkylation sites (tertiary alicyclic amines) is 1. The zero-order valence-corrected chi connectivity index (χ0v) is 50.5. The molecule has 1 aliphatic rings. The highest BCUT2D eigenvalue weighted by atomic mass is 16.3. The van der Waals surface area contributed by atoms with Gasteiger partial charge in [0.1, 0.15) is 54.1 Å². The van der Waals surface area contributed by atoms with Crippen molar-refractivity contribution in [1.29, 1.82) is 0 Å². The van der Waals surface area contributed by atoms with Crippen LogP contribution in [0.25, 0.3) is 21.8 Å². The van der Waals surface area contributed by atoms with Gasteiger partial charge in [0.2, 0.25) is 53.2 Å². The molecule has 0 aliphatic carbocycles. The van der Waals surface area contributed by atoms with Crippen molar-refractivity contribution in [1.82, 2.24) is 57.4 Å². The van der Waals surface area contributed by atoms with Crippen LogP contribution >= 0.6 is 0 Å². The van der Waals surface area contributed by atoms with E-state index in [1.54, 1.807) is 55.7 Å². The van der Waals surface area contributed by atoms with Crippen molar-refractivity contribution in [2.45, 2.75) is 134 Å². The van der Waals surface area contributed by atoms with E-state index in [2.05, 4.69) is 57.5 Å². The third-order valence-electron chi connectivity index (χ3n) is 15.4. The Morgan fingerprint density at radius 1 is 0.596 bits per heavy atom. The fourth-order valence-electron chi connectivity index (χ4n) is 10.9. The van der Waals surface area contributed by atoms with Gasteiger partial charge in [-0.05, 0) is 91.5 Å². The molecular weight excluding hydrogens is 1140 g/mol. The van der Waals surface area contributed by atoms with Crippen LogP contribution < -0.4 is 54.0 Å². The molecule has 6 aromatic rings. The molecule has 4 aromatic carbocycles. The van der Waals surface area contributed by atoms with Crippen molar-refractivity contribution < 1.29 is 53.4 Å².